The number of carbonyl (C=O) groups excluding carboxylic acids is 1. The maximum absolute atomic E-state index is 14.0. The summed E-state index contributed by atoms with van der Waals surface area (Å²) in [4.78, 5) is 12.4. The molecular formula is C16H22ClFN4O3. The van der Waals surface area contributed by atoms with E-state index in [0.717, 1.165) is 5.56 Å². The maximum atomic E-state index is 14.0. The van der Waals surface area contributed by atoms with E-state index in [0.29, 0.717) is 12.3 Å². The first-order chi connectivity index (χ1) is 11.5. The zero-order valence-corrected chi connectivity index (χ0v) is 15.1. The van der Waals surface area contributed by atoms with Crippen LogP contribution in [-0.4, -0.2) is 43.1 Å². The first-order valence-corrected chi connectivity index (χ1v) is 7.43. The number of likely N-dealkylation sites (N-methyl/N-ethyl adjacent to an activating group) is 1. The molecule has 0 aliphatic heterocycles. The molecule has 0 aliphatic carbocycles. The minimum Gasteiger partial charge on any atom is -0.488 e. The lowest BCUT2D eigenvalue weighted by atomic mass is 10.1. The van der Waals surface area contributed by atoms with Gasteiger partial charge in [0.15, 0.2) is 11.6 Å². The summed E-state index contributed by atoms with van der Waals surface area (Å²) in [6.45, 7) is 0.620. The van der Waals surface area contributed by atoms with Crippen molar-refractivity contribution in [3.8, 4) is 5.75 Å². The summed E-state index contributed by atoms with van der Waals surface area (Å²) in [5.74, 6) is -0.744. The predicted molar refractivity (Wildman–Crippen MR) is 94.7 cm³/mol. The van der Waals surface area contributed by atoms with Crippen LogP contribution >= 0.6 is 12.4 Å². The molecule has 0 fully saturated rings. The minimum atomic E-state index is -0.584. The molecule has 1 heterocycles. The van der Waals surface area contributed by atoms with E-state index in [2.05, 4.69) is 15.7 Å². The molecule has 1 unspecified atom stereocenters. The Bertz CT molecular complexity index is 696. The minimum absolute atomic E-state index is 0. The van der Waals surface area contributed by atoms with Gasteiger partial charge in [-0.05, 0) is 19.2 Å². The largest absolute Gasteiger partial charge is 0.488 e. The summed E-state index contributed by atoms with van der Waals surface area (Å²) in [5, 5.41) is 9.64. The average Bonchev–Trinajstić information content (AvgIpc) is 2.96. The van der Waals surface area contributed by atoms with Crippen LogP contribution in [-0.2, 0) is 16.6 Å². The van der Waals surface area contributed by atoms with Gasteiger partial charge in [0.25, 0.3) is 0 Å². The van der Waals surface area contributed by atoms with Gasteiger partial charge in [0.05, 0.1) is 12.8 Å². The molecule has 9 heteroatoms. The van der Waals surface area contributed by atoms with E-state index < -0.39 is 11.9 Å². The molecule has 0 aliphatic rings. The van der Waals surface area contributed by atoms with E-state index in [9.17, 15) is 9.18 Å². The van der Waals surface area contributed by atoms with Gasteiger partial charge in [-0.25, -0.2) is 4.39 Å². The summed E-state index contributed by atoms with van der Waals surface area (Å²) in [5.41, 5.74) is 1.07. The van der Waals surface area contributed by atoms with Crippen LogP contribution in [0.25, 0.3) is 0 Å². The van der Waals surface area contributed by atoms with Crippen molar-refractivity contribution in [2.75, 3.05) is 32.7 Å². The monoisotopic (exact) mass is 372 g/mol. The van der Waals surface area contributed by atoms with Crippen LogP contribution in [0.4, 0.5) is 10.1 Å². The van der Waals surface area contributed by atoms with Gasteiger partial charge in [-0.2, -0.15) is 5.10 Å². The second kappa shape index (κ2) is 9.97. The Morgan fingerprint density at radius 2 is 2.16 bits per heavy atom. The summed E-state index contributed by atoms with van der Waals surface area (Å²) < 4.78 is 25.7. The van der Waals surface area contributed by atoms with Gasteiger partial charge >= 0.3 is 0 Å². The topological polar surface area (TPSA) is 77.4 Å². The quantitative estimate of drug-likeness (QED) is 0.692. The molecule has 1 aromatic heterocycles. The predicted octanol–water partition coefficient (Wildman–Crippen LogP) is 1.91. The lowest BCUT2D eigenvalue weighted by Crippen LogP contribution is -2.30. The molecule has 0 saturated heterocycles. The number of hydrogen-bond donors (Lipinski definition) is 2. The molecule has 25 heavy (non-hydrogen) atoms. The number of benzene rings is 1. The van der Waals surface area contributed by atoms with Crippen molar-refractivity contribution in [1.29, 1.82) is 0 Å². The zero-order chi connectivity index (χ0) is 17.5. The van der Waals surface area contributed by atoms with Crippen LogP contribution in [0.2, 0.25) is 0 Å². The SMILES string of the molecule is CNC(C(=O)Nc1ccc(OCCOC)c(F)c1)c1cnn(C)c1.Cl. The molecular weight excluding hydrogens is 351 g/mol. The number of carbonyl (C=O) groups is 1. The lowest BCUT2D eigenvalue weighted by Gasteiger charge is -2.15. The number of aryl methyl sites for hydroxylation is 1. The Morgan fingerprint density at radius 3 is 2.72 bits per heavy atom. The summed E-state index contributed by atoms with van der Waals surface area (Å²) in [6.07, 6.45) is 3.35. The Hall–Kier alpha value is -2.16. The van der Waals surface area contributed by atoms with Crippen LogP contribution in [0.3, 0.4) is 0 Å². The van der Waals surface area contributed by atoms with Crippen LogP contribution in [0.15, 0.2) is 30.6 Å². The molecule has 2 N–H and O–H groups in total. The lowest BCUT2D eigenvalue weighted by molar-refractivity contribution is -0.118. The van der Waals surface area contributed by atoms with Gasteiger partial charge in [-0.3, -0.25) is 9.48 Å². The third kappa shape index (κ3) is 5.70. The average molecular weight is 373 g/mol. The fourth-order valence-corrected chi connectivity index (χ4v) is 2.18. The number of nitrogens with zero attached hydrogens (tertiary/aromatic N) is 2. The van der Waals surface area contributed by atoms with Gasteiger partial charge < -0.3 is 20.1 Å². The zero-order valence-electron chi connectivity index (χ0n) is 14.3. The summed E-state index contributed by atoms with van der Waals surface area (Å²) in [6, 6.07) is 3.69. The fraction of sp³-hybridized carbons (Fsp3) is 0.375. The highest BCUT2D eigenvalue weighted by Crippen LogP contribution is 2.22. The highest BCUT2D eigenvalue weighted by molar-refractivity contribution is 5.95. The molecule has 0 saturated carbocycles. The molecule has 0 bridgehead atoms. The van der Waals surface area contributed by atoms with E-state index in [4.69, 9.17) is 9.47 Å². The van der Waals surface area contributed by atoms with Crippen LogP contribution in [0.5, 0.6) is 5.75 Å². The Labute approximate surface area is 151 Å². The third-order valence-electron chi connectivity index (χ3n) is 3.35. The number of aromatic nitrogens is 2. The molecule has 0 radical (unpaired) electrons. The summed E-state index contributed by atoms with van der Waals surface area (Å²) in [7, 11) is 4.98. The highest BCUT2D eigenvalue weighted by atomic mass is 35.5. The standard InChI is InChI=1S/C16H21FN4O3.ClH/c1-18-15(11-9-19-21(2)10-11)16(22)20-12-4-5-14(13(17)8-12)24-7-6-23-3;/h4-5,8-10,15,18H,6-7H2,1-3H3,(H,20,22);1H. The van der Waals surface area contributed by atoms with Crippen molar-refractivity contribution in [3.05, 3.63) is 42.0 Å². The van der Waals surface area contributed by atoms with Gasteiger partial charge in [0, 0.05) is 37.7 Å². The first-order valence-electron chi connectivity index (χ1n) is 7.43. The van der Waals surface area contributed by atoms with Crippen molar-refractivity contribution in [2.45, 2.75) is 6.04 Å². The van der Waals surface area contributed by atoms with Gasteiger partial charge in [-0.15, -0.1) is 12.4 Å². The Balaban J connectivity index is 0.00000312. The fourth-order valence-electron chi connectivity index (χ4n) is 2.18. The van der Waals surface area contributed by atoms with Crippen LogP contribution < -0.4 is 15.4 Å². The molecule has 2 rings (SSSR count). The van der Waals surface area contributed by atoms with E-state index in [1.807, 2.05) is 0 Å². The van der Waals surface area contributed by atoms with Gasteiger partial charge in [0.2, 0.25) is 5.91 Å². The van der Waals surface area contributed by atoms with E-state index in [1.54, 1.807) is 44.3 Å². The van der Waals surface area contributed by atoms with Crippen molar-refractivity contribution in [2.24, 2.45) is 7.05 Å². The van der Waals surface area contributed by atoms with E-state index in [-0.39, 0.29) is 30.7 Å². The van der Waals surface area contributed by atoms with Crippen molar-refractivity contribution in [3.63, 3.8) is 0 Å². The number of nitrogens with one attached hydrogen (secondary N) is 2. The van der Waals surface area contributed by atoms with E-state index >= 15 is 0 Å². The van der Waals surface area contributed by atoms with Crippen LogP contribution in [0, 0.1) is 5.82 Å². The molecule has 2 aromatic rings. The number of methoxy groups -OCH3 is 1. The van der Waals surface area contributed by atoms with E-state index in [1.165, 1.54) is 12.1 Å². The molecule has 7 nitrogen and oxygen atoms in total. The van der Waals surface area contributed by atoms with Crippen LogP contribution in [0.1, 0.15) is 11.6 Å². The number of halogens is 2. The molecule has 1 atom stereocenters. The normalized spacial score (nSPS) is 11.5. The number of rotatable bonds is 8. The number of anilines is 1. The van der Waals surface area contributed by atoms with Crippen molar-refractivity contribution >= 4 is 24.0 Å². The van der Waals surface area contributed by atoms with Crippen molar-refractivity contribution < 1.29 is 18.7 Å². The molecule has 0 spiro atoms. The second-order valence-corrected chi connectivity index (χ2v) is 5.14. The number of amides is 1. The van der Waals surface area contributed by atoms with Gasteiger partial charge in [-0.1, -0.05) is 0 Å². The molecule has 1 amide bonds. The van der Waals surface area contributed by atoms with Gasteiger partial charge in [0.1, 0.15) is 12.6 Å². The van der Waals surface area contributed by atoms with Crippen molar-refractivity contribution in [1.82, 2.24) is 15.1 Å². The first kappa shape index (κ1) is 20.9. The smallest absolute Gasteiger partial charge is 0.246 e. The summed E-state index contributed by atoms with van der Waals surface area (Å²) >= 11 is 0. The number of hydrogen-bond acceptors (Lipinski definition) is 5. The number of ether oxygens (including phenoxy) is 2. The Kier molecular flexibility index (Phi) is 8.33. The second-order valence-electron chi connectivity index (χ2n) is 5.14. The molecule has 138 valence electrons. The Morgan fingerprint density at radius 1 is 1.40 bits per heavy atom. The maximum Gasteiger partial charge on any atom is 0.246 e. The molecule has 1 aromatic carbocycles. The third-order valence-corrected chi connectivity index (χ3v) is 3.35. The highest BCUT2D eigenvalue weighted by Gasteiger charge is 2.20.